The van der Waals surface area contributed by atoms with Crippen molar-refractivity contribution in [3.8, 4) is 11.4 Å². The Morgan fingerprint density at radius 3 is 2.80 bits per heavy atom. The van der Waals surface area contributed by atoms with E-state index in [4.69, 9.17) is 11.6 Å². The molecule has 0 aliphatic heterocycles. The summed E-state index contributed by atoms with van der Waals surface area (Å²) in [4.78, 5) is 22.0. The van der Waals surface area contributed by atoms with Gasteiger partial charge in [-0.1, -0.05) is 11.6 Å². The molecular weight excluding hydrogens is 214 g/mol. The van der Waals surface area contributed by atoms with E-state index in [-0.39, 0.29) is 5.56 Å². The van der Waals surface area contributed by atoms with Crippen molar-refractivity contribution in [1.82, 2.24) is 15.0 Å². The minimum atomic E-state index is -0.195. The van der Waals surface area contributed by atoms with Crippen molar-refractivity contribution in [1.29, 1.82) is 0 Å². The Bertz CT molecular complexity index is 550. The molecule has 4 nitrogen and oxygen atoms in total. The highest BCUT2D eigenvalue weighted by atomic mass is 35.5. The average Bonchev–Trinajstić information content (AvgIpc) is 2.16. The topological polar surface area (TPSA) is 58.6 Å². The van der Waals surface area contributed by atoms with E-state index in [1.807, 2.05) is 0 Å². The molecule has 0 bridgehead atoms. The Kier molecular flexibility index (Phi) is 2.51. The molecule has 0 atom stereocenters. The van der Waals surface area contributed by atoms with E-state index in [0.717, 1.165) is 0 Å². The number of rotatable bonds is 1. The highest BCUT2D eigenvalue weighted by Crippen LogP contribution is 2.16. The van der Waals surface area contributed by atoms with E-state index in [9.17, 15) is 4.79 Å². The van der Waals surface area contributed by atoms with Crippen molar-refractivity contribution < 1.29 is 0 Å². The summed E-state index contributed by atoms with van der Waals surface area (Å²) in [7, 11) is 0. The molecule has 0 radical (unpaired) electrons. The predicted molar refractivity (Wildman–Crippen MR) is 57.8 cm³/mol. The van der Waals surface area contributed by atoms with Gasteiger partial charge in [0.25, 0.3) is 5.56 Å². The van der Waals surface area contributed by atoms with E-state index in [0.29, 0.717) is 22.2 Å². The lowest BCUT2D eigenvalue weighted by Gasteiger charge is -2.00. The zero-order valence-corrected chi connectivity index (χ0v) is 8.75. The summed E-state index contributed by atoms with van der Waals surface area (Å²) in [5.74, 6) is 0.555. The van der Waals surface area contributed by atoms with Gasteiger partial charge in [-0.05, 0) is 19.1 Å². The molecule has 0 aromatic carbocycles. The van der Waals surface area contributed by atoms with Crippen LogP contribution in [0.1, 0.15) is 5.82 Å². The SMILES string of the molecule is Cc1nc(-c2cc(Cl)ccn2)cc(=O)[nH]1. The van der Waals surface area contributed by atoms with Crippen LogP contribution in [-0.4, -0.2) is 15.0 Å². The third-order valence-electron chi connectivity index (χ3n) is 1.84. The maximum atomic E-state index is 11.2. The quantitative estimate of drug-likeness (QED) is 0.799. The lowest BCUT2D eigenvalue weighted by Crippen LogP contribution is -2.08. The minimum absolute atomic E-state index is 0.195. The van der Waals surface area contributed by atoms with Gasteiger partial charge in [-0.15, -0.1) is 0 Å². The highest BCUT2D eigenvalue weighted by Gasteiger charge is 2.03. The van der Waals surface area contributed by atoms with E-state index in [1.54, 1.807) is 25.3 Å². The number of H-pyrrole nitrogens is 1. The average molecular weight is 222 g/mol. The van der Waals surface area contributed by atoms with Gasteiger partial charge in [0.15, 0.2) is 0 Å². The summed E-state index contributed by atoms with van der Waals surface area (Å²) in [5.41, 5.74) is 0.926. The monoisotopic (exact) mass is 221 g/mol. The molecule has 2 rings (SSSR count). The Hall–Kier alpha value is -1.68. The number of nitrogens with zero attached hydrogens (tertiary/aromatic N) is 2. The minimum Gasteiger partial charge on any atom is -0.311 e. The first-order chi connectivity index (χ1) is 7.15. The standard InChI is InChI=1S/C10H8ClN3O/c1-6-13-9(5-10(15)14-6)8-4-7(11)2-3-12-8/h2-5H,1H3,(H,13,14,15). The van der Waals surface area contributed by atoms with Gasteiger partial charge in [0.05, 0.1) is 11.4 Å². The van der Waals surface area contributed by atoms with Crippen molar-refractivity contribution >= 4 is 11.6 Å². The molecule has 1 N–H and O–H groups in total. The van der Waals surface area contributed by atoms with E-state index in [2.05, 4.69) is 15.0 Å². The lowest BCUT2D eigenvalue weighted by molar-refractivity contribution is 1.02. The first-order valence-electron chi connectivity index (χ1n) is 4.35. The zero-order chi connectivity index (χ0) is 10.8. The van der Waals surface area contributed by atoms with Gasteiger partial charge in [-0.3, -0.25) is 9.78 Å². The molecule has 5 heteroatoms. The summed E-state index contributed by atoms with van der Waals surface area (Å²) >= 11 is 5.82. The van der Waals surface area contributed by atoms with Gasteiger partial charge in [0.1, 0.15) is 5.82 Å². The summed E-state index contributed by atoms with van der Waals surface area (Å²) in [6, 6.07) is 4.74. The molecule has 2 aromatic rings. The van der Waals surface area contributed by atoms with Crippen LogP contribution in [0.4, 0.5) is 0 Å². The van der Waals surface area contributed by atoms with Crippen molar-refractivity contribution in [3.05, 3.63) is 45.6 Å². The van der Waals surface area contributed by atoms with Crippen LogP contribution < -0.4 is 5.56 Å². The maximum Gasteiger partial charge on any atom is 0.251 e. The molecule has 15 heavy (non-hydrogen) atoms. The van der Waals surface area contributed by atoms with Crippen LogP contribution in [0.3, 0.4) is 0 Å². The van der Waals surface area contributed by atoms with Crippen molar-refractivity contribution in [2.75, 3.05) is 0 Å². The highest BCUT2D eigenvalue weighted by molar-refractivity contribution is 6.30. The Balaban J connectivity index is 2.59. The van der Waals surface area contributed by atoms with E-state index < -0.39 is 0 Å². The summed E-state index contributed by atoms with van der Waals surface area (Å²) in [6.07, 6.45) is 1.58. The third-order valence-corrected chi connectivity index (χ3v) is 2.08. The molecular formula is C10H8ClN3O. The number of aromatic amines is 1. The number of hydrogen-bond acceptors (Lipinski definition) is 3. The number of nitrogens with one attached hydrogen (secondary N) is 1. The van der Waals surface area contributed by atoms with Gasteiger partial charge in [0.2, 0.25) is 0 Å². The molecule has 0 unspecified atom stereocenters. The molecule has 0 saturated heterocycles. The number of halogens is 1. The van der Waals surface area contributed by atoms with Crippen molar-refractivity contribution in [2.45, 2.75) is 6.92 Å². The normalized spacial score (nSPS) is 10.3. The summed E-state index contributed by atoms with van der Waals surface area (Å²) in [6.45, 7) is 1.72. The van der Waals surface area contributed by atoms with Crippen LogP contribution in [-0.2, 0) is 0 Å². The molecule has 2 aromatic heterocycles. The van der Waals surface area contributed by atoms with Crippen LogP contribution in [0.25, 0.3) is 11.4 Å². The third kappa shape index (κ3) is 2.22. The van der Waals surface area contributed by atoms with Gasteiger partial charge in [0, 0.05) is 17.3 Å². The molecule has 0 fully saturated rings. The predicted octanol–water partition coefficient (Wildman–Crippen LogP) is 1.79. The number of hydrogen-bond donors (Lipinski definition) is 1. The molecule has 0 spiro atoms. The molecule has 76 valence electrons. The Labute approximate surface area is 91.0 Å². The first kappa shape index (κ1) is 9.86. The molecule has 2 heterocycles. The van der Waals surface area contributed by atoms with Crippen LogP contribution in [0.15, 0.2) is 29.2 Å². The first-order valence-corrected chi connectivity index (χ1v) is 4.73. The second-order valence-corrected chi connectivity index (χ2v) is 3.51. The molecule has 0 amide bonds. The fourth-order valence-corrected chi connectivity index (χ4v) is 1.42. The van der Waals surface area contributed by atoms with Gasteiger partial charge in [-0.25, -0.2) is 4.98 Å². The van der Waals surface area contributed by atoms with Gasteiger partial charge in [-0.2, -0.15) is 0 Å². The number of aryl methyl sites for hydroxylation is 1. The van der Waals surface area contributed by atoms with E-state index in [1.165, 1.54) is 6.07 Å². The number of pyridine rings is 1. The zero-order valence-electron chi connectivity index (χ0n) is 7.99. The maximum absolute atomic E-state index is 11.2. The second-order valence-electron chi connectivity index (χ2n) is 3.08. The van der Waals surface area contributed by atoms with Crippen molar-refractivity contribution in [3.63, 3.8) is 0 Å². The summed E-state index contributed by atoms with van der Waals surface area (Å²) in [5, 5.41) is 0.569. The van der Waals surface area contributed by atoms with Crippen molar-refractivity contribution in [2.24, 2.45) is 0 Å². The Morgan fingerprint density at radius 2 is 2.13 bits per heavy atom. The lowest BCUT2D eigenvalue weighted by atomic mass is 10.2. The Morgan fingerprint density at radius 1 is 1.33 bits per heavy atom. The largest absolute Gasteiger partial charge is 0.311 e. The van der Waals surface area contributed by atoms with Crippen LogP contribution in [0, 0.1) is 6.92 Å². The van der Waals surface area contributed by atoms with Gasteiger partial charge < -0.3 is 4.98 Å². The van der Waals surface area contributed by atoms with Gasteiger partial charge >= 0.3 is 0 Å². The van der Waals surface area contributed by atoms with Crippen LogP contribution in [0.5, 0.6) is 0 Å². The molecule has 0 aliphatic carbocycles. The van der Waals surface area contributed by atoms with E-state index >= 15 is 0 Å². The molecule has 0 aliphatic rings. The van der Waals surface area contributed by atoms with Crippen LogP contribution >= 0.6 is 11.6 Å². The second kappa shape index (κ2) is 3.82. The summed E-state index contributed by atoms with van der Waals surface area (Å²) < 4.78 is 0. The smallest absolute Gasteiger partial charge is 0.251 e. The fraction of sp³-hybridized carbons (Fsp3) is 0.100. The number of aromatic nitrogens is 3. The fourth-order valence-electron chi connectivity index (χ4n) is 1.26. The van der Waals surface area contributed by atoms with Crippen LogP contribution in [0.2, 0.25) is 5.02 Å². The molecule has 0 saturated carbocycles.